The molecule has 0 aliphatic heterocycles. The van der Waals surface area contributed by atoms with Crippen LogP contribution in [0.4, 0.5) is 0 Å². The van der Waals surface area contributed by atoms with E-state index in [0.717, 1.165) is 0 Å². The molecule has 2 heterocycles. The van der Waals surface area contributed by atoms with Crippen LogP contribution in [0.15, 0.2) is 66.0 Å². The van der Waals surface area contributed by atoms with Crippen LogP contribution in [0.25, 0.3) is 10.9 Å². The molecule has 0 aliphatic carbocycles. The molecule has 5 nitrogen and oxygen atoms in total. The highest BCUT2D eigenvalue weighted by Crippen LogP contribution is 2.20. The van der Waals surface area contributed by atoms with Gasteiger partial charge in [-0.25, -0.2) is 12.4 Å². The molecule has 19 heavy (non-hydrogen) atoms. The number of hydrogen-bond donors (Lipinski definition) is 0. The normalized spacial score (nSPS) is 11.8. The Morgan fingerprint density at radius 3 is 2.53 bits per heavy atom. The lowest BCUT2D eigenvalue weighted by Crippen LogP contribution is -2.23. The van der Waals surface area contributed by atoms with Crippen molar-refractivity contribution in [3.8, 4) is 0 Å². The summed E-state index contributed by atoms with van der Waals surface area (Å²) in [6, 6.07) is 11.3. The molecule has 0 aliphatic rings. The molecule has 0 fully saturated rings. The standard InChI is InChI=1S/C13H10N2O3S/c16-14-8-7-13-11(10-14)6-9-15(13)19(17,18)12-4-2-1-3-5-12/h1-10H. The van der Waals surface area contributed by atoms with Crippen molar-refractivity contribution in [1.82, 2.24) is 3.97 Å². The molecule has 0 spiro atoms. The number of fused-ring (bicyclic) bond motifs is 1. The second kappa shape index (κ2) is 4.10. The minimum Gasteiger partial charge on any atom is -0.619 e. The maximum Gasteiger partial charge on any atom is 0.268 e. The highest BCUT2D eigenvalue weighted by atomic mass is 32.2. The zero-order chi connectivity index (χ0) is 13.5. The molecule has 6 heteroatoms. The molecule has 0 amide bonds. The molecular weight excluding hydrogens is 264 g/mol. The summed E-state index contributed by atoms with van der Waals surface area (Å²) >= 11 is 0. The summed E-state index contributed by atoms with van der Waals surface area (Å²) in [6.45, 7) is 0. The molecular formula is C13H10N2O3S. The quantitative estimate of drug-likeness (QED) is 0.525. The summed E-state index contributed by atoms with van der Waals surface area (Å²) in [4.78, 5) is 0.214. The minimum atomic E-state index is -3.63. The lowest BCUT2D eigenvalue weighted by atomic mass is 10.3. The van der Waals surface area contributed by atoms with Gasteiger partial charge in [0.25, 0.3) is 10.0 Å². The van der Waals surface area contributed by atoms with Gasteiger partial charge in [0.15, 0.2) is 12.4 Å². The molecule has 0 N–H and O–H groups in total. The van der Waals surface area contributed by atoms with Crippen molar-refractivity contribution >= 4 is 20.9 Å². The van der Waals surface area contributed by atoms with E-state index in [4.69, 9.17) is 0 Å². The first-order valence-corrected chi connectivity index (χ1v) is 7.03. The van der Waals surface area contributed by atoms with Gasteiger partial charge in [0.1, 0.15) is 0 Å². The lowest BCUT2D eigenvalue weighted by Gasteiger charge is -2.07. The smallest absolute Gasteiger partial charge is 0.268 e. The number of benzene rings is 1. The van der Waals surface area contributed by atoms with Crippen molar-refractivity contribution < 1.29 is 13.1 Å². The van der Waals surface area contributed by atoms with E-state index in [9.17, 15) is 13.6 Å². The van der Waals surface area contributed by atoms with Gasteiger partial charge in [0, 0.05) is 12.3 Å². The maximum absolute atomic E-state index is 12.5. The number of nitrogens with zero attached hydrogens (tertiary/aromatic N) is 2. The third-order valence-electron chi connectivity index (χ3n) is 2.87. The summed E-state index contributed by atoms with van der Waals surface area (Å²) in [5.74, 6) is 0. The van der Waals surface area contributed by atoms with E-state index in [0.29, 0.717) is 15.6 Å². The molecule has 3 rings (SSSR count). The fourth-order valence-electron chi connectivity index (χ4n) is 1.96. The average molecular weight is 274 g/mol. The maximum atomic E-state index is 12.5. The Bertz CT molecular complexity index is 839. The molecule has 2 aromatic heterocycles. The van der Waals surface area contributed by atoms with Crippen LogP contribution in [-0.4, -0.2) is 12.4 Å². The average Bonchev–Trinajstić information content (AvgIpc) is 2.83. The van der Waals surface area contributed by atoms with Crippen molar-refractivity contribution in [2.24, 2.45) is 0 Å². The first-order valence-electron chi connectivity index (χ1n) is 5.59. The van der Waals surface area contributed by atoms with Gasteiger partial charge in [-0.05, 0) is 18.2 Å². The molecule has 0 saturated carbocycles. The van der Waals surface area contributed by atoms with Crippen LogP contribution in [0.3, 0.4) is 0 Å². The SMILES string of the molecule is O=S(=O)(c1ccccc1)n1ccc2c[n+]([O-])ccc21. The molecule has 0 unspecified atom stereocenters. The van der Waals surface area contributed by atoms with E-state index in [1.807, 2.05) is 0 Å². The van der Waals surface area contributed by atoms with E-state index >= 15 is 0 Å². The van der Waals surface area contributed by atoms with Crippen molar-refractivity contribution in [2.75, 3.05) is 0 Å². The minimum absolute atomic E-state index is 0.214. The van der Waals surface area contributed by atoms with Gasteiger partial charge in [-0.15, -0.1) is 0 Å². The van der Waals surface area contributed by atoms with Gasteiger partial charge in [0.2, 0.25) is 0 Å². The Morgan fingerprint density at radius 1 is 1.05 bits per heavy atom. The highest BCUT2D eigenvalue weighted by molar-refractivity contribution is 7.90. The zero-order valence-electron chi connectivity index (χ0n) is 9.80. The Balaban J connectivity index is 2.25. The van der Waals surface area contributed by atoms with Crippen LogP contribution in [0.2, 0.25) is 0 Å². The van der Waals surface area contributed by atoms with E-state index in [1.165, 1.54) is 40.8 Å². The Morgan fingerprint density at radius 2 is 1.79 bits per heavy atom. The zero-order valence-corrected chi connectivity index (χ0v) is 10.6. The number of hydrogen-bond acceptors (Lipinski definition) is 3. The fraction of sp³-hybridized carbons (Fsp3) is 0. The van der Waals surface area contributed by atoms with Gasteiger partial charge in [-0.2, -0.15) is 4.73 Å². The van der Waals surface area contributed by atoms with E-state index in [-0.39, 0.29) is 4.90 Å². The van der Waals surface area contributed by atoms with E-state index < -0.39 is 10.0 Å². The van der Waals surface area contributed by atoms with Crippen LogP contribution < -0.4 is 4.73 Å². The second-order valence-corrected chi connectivity index (χ2v) is 5.89. The van der Waals surface area contributed by atoms with Crippen LogP contribution in [-0.2, 0) is 10.0 Å². The van der Waals surface area contributed by atoms with E-state index in [1.54, 1.807) is 24.3 Å². The van der Waals surface area contributed by atoms with E-state index in [2.05, 4.69) is 0 Å². The van der Waals surface area contributed by atoms with Crippen LogP contribution in [0, 0.1) is 5.21 Å². The van der Waals surface area contributed by atoms with Crippen LogP contribution in [0.5, 0.6) is 0 Å². The number of pyridine rings is 1. The number of rotatable bonds is 2. The molecule has 96 valence electrons. The first-order chi connectivity index (χ1) is 9.09. The van der Waals surface area contributed by atoms with Gasteiger partial charge < -0.3 is 5.21 Å². The fourth-order valence-corrected chi connectivity index (χ4v) is 3.33. The van der Waals surface area contributed by atoms with Crippen molar-refractivity contribution in [3.63, 3.8) is 0 Å². The molecule has 0 radical (unpaired) electrons. The predicted octanol–water partition coefficient (Wildman–Crippen LogP) is 1.51. The summed E-state index contributed by atoms with van der Waals surface area (Å²) in [6.07, 6.45) is 4.07. The lowest BCUT2D eigenvalue weighted by molar-refractivity contribution is -0.603. The van der Waals surface area contributed by atoms with Gasteiger partial charge in [-0.1, -0.05) is 18.2 Å². The van der Waals surface area contributed by atoms with Gasteiger partial charge in [-0.3, -0.25) is 0 Å². The van der Waals surface area contributed by atoms with Crippen molar-refractivity contribution in [3.05, 3.63) is 66.3 Å². The summed E-state index contributed by atoms with van der Waals surface area (Å²) < 4.78 is 26.8. The number of aromatic nitrogens is 2. The summed E-state index contributed by atoms with van der Waals surface area (Å²) in [7, 11) is -3.63. The molecule has 1 aromatic carbocycles. The van der Waals surface area contributed by atoms with Crippen molar-refractivity contribution in [2.45, 2.75) is 4.90 Å². The monoisotopic (exact) mass is 274 g/mol. The largest absolute Gasteiger partial charge is 0.619 e. The summed E-state index contributed by atoms with van der Waals surface area (Å²) in [5.41, 5.74) is 0.482. The second-order valence-electron chi connectivity index (χ2n) is 4.07. The third-order valence-corrected chi connectivity index (χ3v) is 4.57. The Kier molecular flexibility index (Phi) is 2.53. The summed E-state index contributed by atoms with van der Waals surface area (Å²) in [5, 5.41) is 11.8. The highest BCUT2D eigenvalue weighted by Gasteiger charge is 2.18. The van der Waals surface area contributed by atoms with Crippen LogP contribution >= 0.6 is 0 Å². The molecule has 0 atom stereocenters. The van der Waals surface area contributed by atoms with Crippen LogP contribution in [0.1, 0.15) is 0 Å². The Labute approximate surface area is 110 Å². The third kappa shape index (κ3) is 1.86. The predicted molar refractivity (Wildman–Crippen MR) is 69.9 cm³/mol. The first kappa shape index (κ1) is 11.7. The topological polar surface area (TPSA) is 66.0 Å². The molecule has 0 saturated heterocycles. The molecule has 0 bridgehead atoms. The molecule has 3 aromatic rings. The van der Waals surface area contributed by atoms with Crippen molar-refractivity contribution in [1.29, 1.82) is 0 Å². The van der Waals surface area contributed by atoms with Gasteiger partial charge in [0.05, 0.1) is 15.8 Å². The Hall–Kier alpha value is -2.34. The van der Waals surface area contributed by atoms with Gasteiger partial charge >= 0.3 is 0 Å².